The first-order valence-electron chi connectivity index (χ1n) is 14.0. The molecule has 0 spiro atoms. The van der Waals surface area contributed by atoms with Crippen molar-refractivity contribution in [2.24, 2.45) is 0 Å². The minimum atomic E-state index is -4.76. The highest BCUT2D eigenvalue weighted by Crippen LogP contribution is 2.34. The Hall–Kier alpha value is -3.82. The van der Waals surface area contributed by atoms with Crippen molar-refractivity contribution in [3.8, 4) is 22.6 Å². The van der Waals surface area contributed by atoms with Crippen LogP contribution in [0.3, 0.4) is 0 Å². The van der Waals surface area contributed by atoms with Crippen molar-refractivity contribution in [1.82, 2.24) is 0 Å². The lowest BCUT2D eigenvalue weighted by atomic mass is 9.96. The molecule has 10 heteroatoms. The molecular weight excluding hydrogens is 580 g/mol. The van der Waals surface area contributed by atoms with Crippen molar-refractivity contribution >= 4 is 10.8 Å². The van der Waals surface area contributed by atoms with Crippen LogP contribution in [0.4, 0.5) is 35.1 Å². The molecule has 0 heterocycles. The van der Waals surface area contributed by atoms with Crippen LogP contribution in [-0.4, -0.2) is 19.4 Å². The smallest absolute Gasteiger partial charge is 0.422 e. The highest BCUT2D eigenvalue weighted by Gasteiger charge is 2.30. The van der Waals surface area contributed by atoms with Gasteiger partial charge in [0, 0.05) is 17.5 Å². The molecule has 0 aromatic heterocycles. The number of fused-ring (bicyclic) bond motifs is 1. The number of unbranched alkanes of at least 4 members (excludes halogenated alkanes) is 4. The first kappa shape index (κ1) is 32.1. The minimum absolute atomic E-state index is 0.0164. The topological polar surface area (TPSA) is 18.5 Å². The Morgan fingerprint density at radius 2 is 1.35 bits per heavy atom. The minimum Gasteiger partial charge on any atom is -0.493 e. The Labute approximate surface area is 244 Å². The lowest BCUT2D eigenvalue weighted by molar-refractivity contribution is -0.154. The number of benzene rings is 4. The van der Waals surface area contributed by atoms with Gasteiger partial charge in [0.15, 0.2) is 24.0 Å². The van der Waals surface area contributed by atoms with E-state index in [0.717, 1.165) is 56.4 Å². The van der Waals surface area contributed by atoms with E-state index in [9.17, 15) is 30.7 Å². The molecule has 4 aromatic rings. The van der Waals surface area contributed by atoms with Crippen LogP contribution >= 0.6 is 0 Å². The predicted octanol–water partition coefficient (Wildman–Crippen LogP) is 10.3. The van der Waals surface area contributed by atoms with E-state index in [4.69, 9.17) is 4.74 Å². The molecular formula is C33H30F8O2. The highest BCUT2D eigenvalue weighted by molar-refractivity contribution is 5.88. The monoisotopic (exact) mass is 610 g/mol. The maximum absolute atomic E-state index is 15.3. The van der Waals surface area contributed by atoms with Gasteiger partial charge in [-0.2, -0.15) is 13.2 Å². The van der Waals surface area contributed by atoms with Crippen molar-refractivity contribution < 1.29 is 44.6 Å². The number of aryl methyl sites for hydroxylation is 2. The number of ether oxygens (including phenoxy) is 2. The zero-order chi connectivity index (χ0) is 31.1. The summed E-state index contributed by atoms with van der Waals surface area (Å²) in [5.74, 6) is -5.88. The maximum atomic E-state index is 15.3. The summed E-state index contributed by atoms with van der Waals surface area (Å²) in [7, 11) is 0. The van der Waals surface area contributed by atoms with Gasteiger partial charge in [-0.1, -0.05) is 56.9 Å². The third kappa shape index (κ3) is 8.39. The summed E-state index contributed by atoms with van der Waals surface area (Å²) in [4.78, 5) is 0. The summed E-state index contributed by atoms with van der Waals surface area (Å²) in [6, 6.07) is 11.2. The van der Waals surface area contributed by atoms with Gasteiger partial charge >= 0.3 is 6.18 Å². The summed E-state index contributed by atoms with van der Waals surface area (Å²) < 4.78 is 120. The molecule has 0 saturated heterocycles. The quantitative estimate of drug-likeness (QED) is 0.111. The molecule has 43 heavy (non-hydrogen) atoms. The van der Waals surface area contributed by atoms with E-state index in [1.165, 1.54) is 24.3 Å². The lowest BCUT2D eigenvalue weighted by Crippen LogP contribution is -2.20. The molecule has 0 aliphatic carbocycles. The van der Waals surface area contributed by atoms with Crippen molar-refractivity contribution in [2.45, 2.75) is 58.0 Å². The fourth-order valence-corrected chi connectivity index (χ4v) is 4.82. The van der Waals surface area contributed by atoms with E-state index in [-0.39, 0.29) is 46.2 Å². The van der Waals surface area contributed by atoms with E-state index in [1.54, 1.807) is 6.07 Å². The standard InChI is InChI=1S/C33H30F8O2/c1-2-3-4-5-6-13-42-24-17-26(34)30(27(35)18-24)23-11-12-25-22(16-23)10-9-21(31(25)38)8-7-20-14-28(36)32(29(37)15-20)43-19-33(39,40)41/h9-12,14-18H,2-8,13,19H2,1H3. The summed E-state index contributed by atoms with van der Waals surface area (Å²) >= 11 is 0. The summed E-state index contributed by atoms with van der Waals surface area (Å²) in [6.07, 6.45) is 0.308. The van der Waals surface area contributed by atoms with Crippen molar-refractivity contribution in [3.05, 3.63) is 94.8 Å². The van der Waals surface area contributed by atoms with Gasteiger partial charge in [0.05, 0.1) is 12.2 Å². The van der Waals surface area contributed by atoms with Gasteiger partial charge in [-0.25, -0.2) is 22.0 Å². The molecule has 0 radical (unpaired) electrons. The van der Waals surface area contributed by atoms with Crippen LogP contribution in [0.5, 0.6) is 11.5 Å². The summed E-state index contributed by atoms with van der Waals surface area (Å²) in [5, 5.41) is 0.562. The molecule has 230 valence electrons. The van der Waals surface area contributed by atoms with E-state index < -0.39 is 47.6 Å². The Morgan fingerprint density at radius 3 is 2.00 bits per heavy atom. The number of hydrogen-bond acceptors (Lipinski definition) is 2. The average Bonchev–Trinajstić information content (AvgIpc) is 2.93. The summed E-state index contributed by atoms with van der Waals surface area (Å²) in [5.41, 5.74) is 0.249. The van der Waals surface area contributed by atoms with E-state index in [1.807, 2.05) is 0 Å². The largest absolute Gasteiger partial charge is 0.493 e. The molecule has 0 unspecified atom stereocenters. The normalized spacial score (nSPS) is 11.7. The highest BCUT2D eigenvalue weighted by atomic mass is 19.4. The van der Waals surface area contributed by atoms with Crippen LogP contribution in [0.15, 0.2) is 54.6 Å². The van der Waals surface area contributed by atoms with E-state index in [2.05, 4.69) is 11.7 Å². The Bertz CT molecular complexity index is 1520. The van der Waals surface area contributed by atoms with E-state index in [0.29, 0.717) is 12.0 Å². The van der Waals surface area contributed by atoms with Crippen molar-refractivity contribution in [3.63, 3.8) is 0 Å². The second kappa shape index (κ2) is 14.1. The number of halogens is 8. The second-order valence-corrected chi connectivity index (χ2v) is 10.3. The van der Waals surface area contributed by atoms with Crippen molar-refractivity contribution in [2.75, 3.05) is 13.2 Å². The van der Waals surface area contributed by atoms with Gasteiger partial charge in [0.25, 0.3) is 0 Å². The molecule has 0 aliphatic rings. The number of hydrogen-bond donors (Lipinski definition) is 0. The molecule has 0 atom stereocenters. The third-order valence-electron chi connectivity index (χ3n) is 6.98. The fourth-order valence-electron chi connectivity index (χ4n) is 4.82. The molecule has 0 aliphatic heterocycles. The van der Waals surface area contributed by atoms with Crippen LogP contribution < -0.4 is 9.47 Å². The lowest BCUT2D eigenvalue weighted by Gasteiger charge is -2.13. The Kier molecular flexibility index (Phi) is 10.5. The maximum Gasteiger partial charge on any atom is 0.422 e. The van der Waals surface area contributed by atoms with Crippen LogP contribution in [0.25, 0.3) is 21.9 Å². The molecule has 4 rings (SSSR count). The third-order valence-corrected chi connectivity index (χ3v) is 6.98. The average molecular weight is 611 g/mol. The second-order valence-electron chi connectivity index (χ2n) is 10.3. The van der Waals surface area contributed by atoms with Crippen LogP contribution in [-0.2, 0) is 12.8 Å². The number of rotatable bonds is 13. The van der Waals surface area contributed by atoms with Gasteiger partial charge in [0.1, 0.15) is 23.2 Å². The van der Waals surface area contributed by atoms with Crippen LogP contribution in [0.2, 0.25) is 0 Å². The Morgan fingerprint density at radius 1 is 0.674 bits per heavy atom. The number of alkyl halides is 3. The Balaban J connectivity index is 1.46. The van der Waals surface area contributed by atoms with Gasteiger partial charge in [-0.3, -0.25) is 0 Å². The van der Waals surface area contributed by atoms with Gasteiger partial charge in [-0.05, 0) is 59.5 Å². The van der Waals surface area contributed by atoms with Crippen LogP contribution in [0, 0.1) is 29.1 Å². The molecule has 4 aromatic carbocycles. The molecule has 0 amide bonds. The van der Waals surface area contributed by atoms with Crippen molar-refractivity contribution in [1.29, 1.82) is 0 Å². The predicted molar refractivity (Wildman–Crippen MR) is 149 cm³/mol. The van der Waals surface area contributed by atoms with Gasteiger partial charge < -0.3 is 9.47 Å². The molecule has 0 saturated carbocycles. The van der Waals surface area contributed by atoms with E-state index >= 15 is 4.39 Å². The van der Waals surface area contributed by atoms with Gasteiger partial charge in [-0.15, -0.1) is 0 Å². The zero-order valence-corrected chi connectivity index (χ0v) is 23.4. The van der Waals surface area contributed by atoms with Crippen LogP contribution in [0.1, 0.15) is 50.2 Å². The first-order chi connectivity index (χ1) is 20.5. The fraction of sp³-hybridized carbons (Fsp3) is 0.333. The molecule has 0 N–H and O–H groups in total. The SMILES string of the molecule is CCCCCCCOc1cc(F)c(-c2ccc3c(F)c(CCc4cc(F)c(OCC(F)(F)F)c(F)c4)ccc3c2)c(F)c1. The summed E-state index contributed by atoms with van der Waals surface area (Å²) in [6.45, 7) is 0.618. The zero-order valence-electron chi connectivity index (χ0n) is 23.4. The molecule has 0 bridgehead atoms. The molecule has 2 nitrogen and oxygen atoms in total. The molecule has 0 fully saturated rings. The first-order valence-corrected chi connectivity index (χ1v) is 14.0. The van der Waals surface area contributed by atoms with Gasteiger partial charge in [0.2, 0.25) is 0 Å².